The molecule has 1 aliphatic heterocycles. The molecule has 2 amide bonds. The van der Waals surface area contributed by atoms with E-state index in [2.05, 4.69) is 19.2 Å². The van der Waals surface area contributed by atoms with Crippen molar-refractivity contribution < 1.29 is 9.59 Å². The monoisotopic (exact) mass is 254 g/mol. The van der Waals surface area contributed by atoms with Crippen LogP contribution in [0.15, 0.2) is 0 Å². The molecule has 1 saturated heterocycles. The highest BCUT2D eigenvalue weighted by Gasteiger charge is 2.35. The van der Waals surface area contributed by atoms with E-state index in [0.717, 1.165) is 19.4 Å². The summed E-state index contributed by atoms with van der Waals surface area (Å²) >= 11 is 0. The van der Waals surface area contributed by atoms with Gasteiger partial charge in [-0.25, -0.2) is 0 Å². The first kappa shape index (κ1) is 15.0. The van der Waals surface area contributed by atoms with Gasteiger partial charge in [0.2, 0.25) is 11.8 Å². The van der Waals surface area contributed by atoms with Crippen LogP contribution in [-0.4, -0.2) is 35.3 Å². The Morgan fingerprint density at radius 3 is 2.28 bits per heavy atom. The largest absolute Gasteiger partial charge is 0.344 e. The van der Waals surface area contributed by atoms with Crippen LogP contribution in [0.3, 0.4) is 0 Å². The van der Waals surface area contributed by atoms with Crippen molar-refractivity contribution in [2.45, 2.75) is 59.5 Å². The maximum absolute atomic E-state index is 12.5. The molecule has 0 radical (unpaired) electrons. The van der Waals surface area contributed by atoms with E-state index in [0.29, 0.717) is 12.0 Å². The Morgan fingerprint density at radius 2 is 1.83 bits per heavy atom. The van der Waals surface area contributed by atoms with Gasteiger partial charge in [-0.2, -0.15) is 0 Å². The van der Waals surface area contributed by atoms with Crippen LogP contribution in [0.1, 0.15) is 47.5 Å². The molecule has 2 atom stereocenters. The summed E-state index contributed by atoms with van der Waals surface area (Å²) in [7, 11) is 0. The summed E-state index contributed by atoms with van der Waals surface area (Å²) in [6, 6.07) is -0.0608. The van der Waals surface area contributed by atoms with Gasteiger partial charge in [-0.05, 0) is 24.7 Å². The number of carbonyl (C=O) groups is 2. The fourth-order valence-corrected chi connectivity index (χ4v) is 2.67. The quantitative estimate of drug-likeness (QED) is 0.831. The molecular weight excluding hydrogens is 228 g/mol. The highest BCUT2D eigenvalue weighted by molar-refractivity contribution is 5.87. The zero-order chi connectivity index (χ0) is 13.9. The predicted octanol–water partition coefficient (Wildman–Crippen LogP) is 1.79. The lowest BCUT2D eigenvalue weighted by atomic mass is 9.98. The Morgan fingerprint density at radius 1 is 1.22 bits per heavy atom. The van der Waals surface area contributed by atoms with Gasteiger partial charge in [0.1, 0.15) is 6.04 Å². The molecule has 4 nitrogen and oxygen atoms in total. The zero-order valence-electron chi connectivity index (χ0n) is 12.2. The van der Waals surface area contributed by atoms with E-state index in [1.807, 2.05) is 18.7 Å². The summed E-state index contributed by atoms with van der Waals surface area (Å²) in [6.07, 6.45) is 2.15. The molecule has 1 N–H and O–H groups in total. The minimum atomic E-state index is -0.387. The van der Waals surface area contributed by atoms with Crippen LogP contribution in [0.25, 0.3) is 0 Å². The molecule has 0 saturated carbocycles. The smallest absolute Gasteiger partial charge is 0.245 e. The fourth-order valence-electron chi connectivity index (χ4n) is 2.67. The number of nitrogens with one attached hydrogen (secondary N) is 1. The van der Waals surface area contributed by atoms with E-state index in [1.54, 1.807) is 0 Å². The third-order valence-electron chi connectivity index (χ3n) is 3.64. The van der Waals surface area contributed by atoms with Crippen LogP contribution < -0.4 is 5.32 Å². The van der Waals surface area contributed by atoms with E-state index in [1.165, 1.54) is 6.92 Å². The van der Waals surface area contributed by atoms with Gasteiger partial charge in [0.25, 0.3) is 0 Å². The van der Waals surface area contributed by atoms with Gasteiger partial charge in [0.05, 0.1) is 0 Å². The second-order valence-corrected chi connectivity index (χ2v) is 5.91. The summed E-state index contributed by atoms with van der Waals surface area (Å²) in [5, 5.41) is 2.79. The van der Waals surface area contributed by atoms with Crippen molar-refractivity contribution in [1.29, 1.82) is 0 Å². The summed E-state index contributed by atoms with van der Waals surface area (Å²) < 4.78 is 0. The minimum Gasteiger partial charge on any atom is -0.344 e. The lowest BCUT2D eigenvalue weighted by Gasteiger charge is -2.32. The predicted molar refractivity (Wildman–Crippen MR) is 72.0 cm³/mol. The molecule has 0 aliphatic carbocycles. The lowest BCUT2D eigenvalue weighted by molar-refractivity contribution is -0.138. The van der Waals surface area contributed by atoms with Crippen LogP contribution in [0.5, 0.6) is 0 Å². The molecule has 104 valence electrons. The van der Waals surface area contributed by atoms with Gasteiger partial charge in [0.15, 0.2) is 0 Å². The number of likely N-dealkylation sites (tertiary alicyclic amines) is 1. The van der Waals surface area contributed by atoms with Crippen LogP contribution in [-0.2, 0) is 9.59 Å². The van der Waals surface area contributed by atoms with Crippen molar-refractivity contribution in [3.05, 3.63) is 0 Å². The number of rotatable bonds is 4. The number of amides is 2. The average Bonchev–Trinajstić information content (AvgIpc) is 2.73. The highest BCUT2D eigenvalue weighted by Crippen LogP contribution is 2.25. The Kier molecular flexibility index (Phi) is 5.17. The minimum absolute atomic E-state index is 0.0800. The topological polar surface area (TPSA) is 49.4 Å². The maximum Gasteiger partial charge on any atom is 0.245 e. The number of carbonyl (C=O) groups excluding carboxylic acids is 2. The fraction of sp³-hybridized carbons (Fsp3) is 0.857. The second kappa shape index (κ2) is 6.21. The molecule has 1 heterocycles. The second-order valence-electron chi connectivity index (χ2n) is 5.91. The van der Waals surface area contributed by atoms with Crippen molar-refractivity contribution in [1.82, 2.24) is 10.2 Å². The Labute approximate surface area is 110 Å². The van der Waals surface area contributed by atoms with Gasteiger partial charge in [0, 0.05) is 19.5 Å². The first-order valence-electron chi connectivity index (χ1n) is 6.92. The molecule has 1 rings (SSSR count). The van der Waals surface area contributed by atoms with Crippen LogP contribution in [0.4, 0.5) is 0 Å². The first-order chi connectivity index (χ1) is 8.34. The number of hydrogen-bond donors (Lipinski definition) is 1. The van der Waals surface area contributed by atoms with Crippen molar-refractivity contribution >= 4 is 11.8 Å². The molecule has 1 unspecified atom stereocenters. The Hall–Kier alpha value is -1.06. The van der Waals surface area contributed by atoms with Crippen LogP contribution >= 0.6 is 0 Å². The summed E-state index contributed by atoms with van der Waals surface area (Å²) in [5.74, 6) is 0.537. The SMILES string of the molecule is CC(=O)N[C@H](C(=O)N1CCCC1C(C)C)C(C)C. The maximum atomic E-state index is 12.5. The standard InChI is InChI=1S/C14H26N2O2/c1-9(2)12-7-6-8-16(12)14(18)13(10(3)4)15-11(5)17/h9-10,12-13H,6-8H2,1-5H3,(H,15,17)/t12?,13-/m0/s1. The molecule has 1 aliphatic rings. The molecule has 0 spiro atoms. The van der Waals surface area contributed by atoms with Crippen molar-refractivity contribution in [2.75, 3.05) is 6.54 Å². The van der Waals surface area contributed by atoms with E-state index in [4.69, 9.17) is 0 Å². The zero-order valence-corrected chi connectivity index (χ0v) is 12.2. The lowest BCUT2D eigenvalue weighted by Crippen LogP contribution is -2.52. The van der Waals surface area contributed by atoms with Crippen LogP contribution in [0.2, 0.25) is 0 Å². The molecule has 0 aromatic heterocycles. The molecule has 1 fully saturated rings. The molecular formula is C14H26N2O2. The third kappa shape index (κ3) is 3.47. The molecule has 0 bridgehead atoms. The van der Waals surface area contributed by atoms with Gasteiger partial charge in [-0.1, -0.05) is 27.7 Å². The first-order valence-corrected chi connectivity index (χ1v) is 6.92. The molecule has 18 heavy (non-hydrogen) atoms. The van der Waals surface area contributed by atoms with Gasteiger partial charge >= 0.3 is 0 Å². The Balaban J connectivity index is 2.79. The summed E-state index contributed by atoms with van der Waals surface area (Å²) in [5.41, 5.74) is 0. The van der Waals surface area contributed by atoms with E-state index in [9.17, 15) is 9.59 Å². The normalized spacial score (nSPS) is 21.5. The highest BCUT2D eigenvalue weighted by atomic mass is 16.2. The summed E-state index contributed by atoms with van der Waals surface area (Å²) in [6.45, 7) is 10.5. The van der Waals surface area contributed by atoms with E-state index in [-0.39, 0.29) is 23.8 Å². The van der Waals surface area contributed by atoms with Crippen molar-refractivity contribution in [3.8, 4) is 0 Å². The van der Waals surface area contributed by atoms with Gasteiger partial charge < -0.3 is 10.2 Å². The third-order valence-corrected chi connectivity index (χ3v) is 3.64. The van der Waals surface area contributed by atoms with Crippen molar-refractivity contribution in [2.24, 2.45) is 11.8 Å². The number of hydrogen-bond acceptors (Lipinski definition) is 2. The molecule has 0 aromatic carbocycles. The molecule has 4 heteroatoms. The van der Waals surface area contributed by atoms with Crippen molar-refractivity contribution in [3.63, 3.8) is 0 Å². The van der Waals surface area contributed by atoms with Crippen LogP contribution in [0, 0.1) is 11.8 Å². The van der Waals surface area contributed by atoms with Gasteiger partial charge in [-0.3, -0.25) is 9.59 Å². The van der Waals surface area contributed by atoms with E-state index >= 15 is 0 Å². The summed E-state index contributed by atoms with van der Waals surface area (Å²) in [4.78, 5) is 25.7. The average molecular weight is 254 g/mol. The van der Waals surface area contributed by atoms with Gasteiger partial charge in [-0.15, -0.1) is 0 Å². The Bertz CT molecular complexity index is 313. The number of nitrogens with zero attached hydrogens (tertiary/aromatic N) is 1. The van der Waals surface area contributed by atoms with E-state index < -0.39 is 0 Å². The molecule has 0 aromatic rings.